The van der Waals surface area contributed by atoms with Crippen LogP contribution in [0.4, 0.5) is 5.82 Å². The summed E-state index contributed by atoms with van der Waals surface area (Å²) in [5, 5.41) is 23.9. The second-order valence-electron chi connectivity index (χ2n) is 9.41. The highest BCUT2D eigenvalue weighted by Crippen LogP contribution is 2.34. The van der Waals surface area contributed by atoms with Gasteiger partial charge in [0.05, 0.1) is 11.2 Å². The number of anilines is 1. The Kier molecular flexibility index (Phi) is 4.69. The van der Waals surface area contributed by atoms with Gasteiger partial charge < -0.3 is 15.3 Å². The first kappa shape index (κ1) is 19.6. The molecule has 1 aliphatic heterocycles. The zero-order chi connectivity index (χ0) is 20.8. The van der Waals surface area contributed by atoms with E-state index in [0.717, 1.165) is 29.6 Å². The molecule has 6 heteroatoms. The number of phenols is 1. The Balaban J connectivity index is 1.60. The standard InChI is InChI=1S/C23H29N5O/c1-22(2)13-16(14-23(3,4)27-22)28(5)21-9-8-18(25-26-21)17-12-19-15(11-20(17)29)7-6-10-24-19/h6-12,16,27,29H,13-14H2,1-5H3. The molecule has 152 valence electrons. The van der Waals surface area contributed by atoms with Crippen LogP contribution in [0, 0.1) is 0 Å². The summed E-state index contributed by atoms with van der Waals surface area (Å²) < 4.78 is 0. The zero-order valence-corrected chi connectivity index (χ0v) is 17.8. The van der Waals surface area contributed by atoms with Crippen molar-refractivity contribution in [2.24, 2.45) is 0 Å². The largest absolute Gasteiger partial charge is 0.507 e. The highest BCUT2D eigenvalue weighted by atomic mass is 16.3. The van der Waals surface area contributed by atoms with Crippen LogP contribution in [-0.2, 0) is 0 Å². The number of aromatic hydroxyl groups is 1. The van der Waals surface area contributed by atoms with Crippen molar-refractivity contribution in [3.8, 4) is 17.0 Å². The quantitative estimate of drug-likeness (QED) is 0.699. The summed E-state index contributed by atoms with van der Waals surface area (Å²) in [7, 11) is 2.09. The molecule has 1 saturated heterocycles. The number of aromatic nitrogens is 3. The van der Waals surface area contributed by atoms with Gasteiger partial charge in [0.25, 0.3) is 0 Å². The van der Waals surface area contributed by atoms with Crippen molar-refractivity contribution in [3.05, 3.63) is 42.6 Å². The molecule has 0 aliphatic carbocycles. The molecule has 4 rings (SSSR count). The summed E-state index contributed by atoms with van der Waals surface area (Å²) >= 11 is 0. The molecule has 1 aliphatic rings. The van der Waals surface area contributed by atoms with Crippen molar-refractivity contribution < 1.29 is 5.11 Å². The van der Waals surface area contributed by atoms with Gasteiger partial charge in [-0.25, -0.2) is 0 Å². The van der Waals surface area contributed by atoms with Gasteiger partial charge in [-0.05, 0) is 70.9 Å². The zero-order valence-electron chi connectivity index (χ0n) is 17.8. The van der Waals surface area contributed by atoms with E-state index in [1.54, 1.807) is 12.3 Å². The lowest BCUT2D eigenvalue weighted by Gasteiger charge is -2.49. The monoisotopic (exact) mass is 391 g/mol. The van der Waals surface area contributed by atoms with E-state index in [-0.39, 0.29) is 16.8 Å². The predicted molar refractivity (Wildman–Crippen MR) is 117 cm³/mol. The Hall–Kier alpha value is -2.73. The molecule has 0 amide bonds. The van der Waals surface area contributed by atoms with Gasteiger partial charge in [-0.1, -0.05) is 6.07 Å². The highest BCUT2D eigenvalue weighted by molar-refractivity contribution is 5.87. The normalized spacial score (nSPS) is 18.7. The average molecular weight is 392 g/mol. The van der Waals surface area contributed by atoms with Gasteiger partial charge in [0, 0.05) is 41.3 Å². The summed E-state index contributed by atoms with van der Waals surface area (Å²) in [6.07, 6.45) is 3.82. The molecule has 0 saturated carbocycles. The molecule has 0 spiro atoms. The lowest BCUT2D eigenvalue weighted by molar-refractivity contribution is 0.160. The van der Waals surface area contributed by atoms with E-state index in [2.05, 4.69) is 60.1 Å². The van der Waals surface area contributed by atoms with E-state index in [1.807, 2.05) is 30.3 Å². The molecule has 6 nitrogen and oxygen atoms in total. The maximum absolute atomic E-state index is 10.4. The number of piperidine rings is 1. The van der Waals surface area contributed by atoms with Crippen LogP contribution in [-0.4, -0.2) is 44.5 Å². The first-order valence-corrected chi connectivity index (χ1v) is 10.1. The van der Waals surface area contributed by atoms with E-state index >= 15 is 0 Å². The Labute approximate surface area is 172 Å². The van der Waals surface area contributed by atoms with Crippen molar-refractivity contribution in [1.29, 1.82) is 0 Å². The van der Waals surface area contributed by atoms with Gasteiger partial charge in [0.1, 0.15) is 5.75 Å². The summed E-state index contributed by atoms with van der Waals surface area (Å²) in [6.45, 7) is 9.00. The minimum absolute atomic E-state index is 0.0674. The SMILES string of the molecule is CN(c1ccc(-c2cc3ncccc3cc2O)nn1)C1CC(C)(C)NC(C)(C)C1. The summed E-state index contributed by atoms with van der Waals surface area (Å²) in [5.41, 5.74) is 2.23. The predicted octanol–water partition coefficient (Wildman–Crippen LogP) is 4.14. The third-order valence-corrected chi connectivity index (χ3v) is 5.72. The minimum atomic E-state index is 0.0674. The fraction of sp³-hybridized carbons (Fsp3) is 0.435. The maximum atomic E-state index is 10.4. The molecule has 0 radical (unpaired) electrons. The number of pyridine rings is 1. The van der Waals surface area contributed by atoms with Gasteiger partial charge in [-0.15, -0.1) is 10.2 Å². The topological polar surface area (TPSA) is 74.2 Å². The van der Waals surface area contributed by atoms with E-state index in [4.69, 9.17) is 0 Å². The molecule has 1 fully saturated rings. The third-order valence-electron chi connectivity index (χ3n) is 5.72. The van der Waals surface area contributed by atoms with Crippen LogP contribution in [0.1, 0.15) is 40.5 Å². The van der Waals surface area contributed by atoms with Crippen LogP contribution < -0.4 is 10.2 Å². The van der Waals surface area contributed by atoms with Crippen LogP contribution in [0.15, 0.2) is 42.6 Å². The molecule has 2 N–H and O–H groups in total. The molecule has 0 bridgehead atoms. The Bertz CT molecular complexity index is 1010. The van der Waals surface area contributed by atoms with Crippen LogP contribution in [0.25, 0.3) is 22.2 Å². The van der Waals surface area contributed by atoms with E-state index < -0.39 is 0 Å². The maximum Gasteiger partial charge on any atom is 0.151 e. The third kappa shape index (κ3) is 4.03. The van der Waals surface area contributed by atoms with Crippen molar-refractivity contribution in [1.82, 2.24) is 20.5 Å². The number of hydrogen-bond acceptors (Lipinski definition) is 6. The van der Waals surface area contributed by atoms with Crippen molar-refractivity contribution >= 4 is 16.7 Å². The van der Waals surface area contributed by atoms with Gasteiger partial charge in [0.15, 0.2) is 5.82 Å². The first-order valence-electron chi connectivity index (χ1n) is 10.1. The molecule has 0 atom stereocenters. The van der Waals surface area contributed by atoms with Crippen LogP contribution in [0.2, 0.25) is 0 Å². The molecular formula is C23H29N5O. The van der Waals surface area contributed by atoms with Gasteiger partial charge in [-0.2, -0.15) is 0 Å². The second-order valence-corrected chi connectivity index (χ2v) is 9.41. The lowest BCUT2D eigenvalue weighted by Crippen LogP contribution is -2.62. The van der Waals surface area contributed by atoms with E-state index in [1.165, 1.54) is 0 Å². The van der Waals surface area contributed by atoms with E-state index in [0.29, 0.717) is 17.3 Å². The first-order chi connectivity index (χ1) is 13.6. The number of phenolic OH excluding ortho intramolecular Hbond substituents is 1. The fourth-order valence-corrected chi connectivity index (χ4v) is 4.70. The Morgan fingerprint density at radius 3 is 2.41 bits per heavy atom. The van der Waals surface area contributed by atoms with Crippen molar-refractivity contribution in [3.63, 3.8) is 0 Å². The number of nitrogens with zero attached hydrogens (tertiary/aromatic N) is 4. The highest BCUT2D eigenvalue weighted by Gasteiger charge is 2.39. The van der Waals surface area contributed by atoms with Gasteiger partial charge in [0.2, 0.25) is 0 Å². The van der Waals surface area contributed by atoms with Gasteiger partial charge >= 0.3 is 0 Å². The van der Waals surface area contributed by atoms with Crippen LogP contribution >= 0.6 is 0 Å². The Morgan fingerprint density at radius 2 is 1.76 bits per heavy atom. The number of rotatable bonds is 3. The molecular weight excluding hydrogens is 362 g/mol. The second kappa shape index (κ2) is 6.95. The Morgan fingerprint density at radius 1 is 1.03 bits per heavy atom. The summed E-state index contributed by atoms with van der Waals surface area (Å²) in [5.74, 6) is 1.02. The molecule has 29 heavy (non-hydrogen) atoms. The minimum Gasteiger partial charge on any atom is -0.507 e. The van der Waals surface area contributed by atoms with Crippen LogP contribution in [0.3, 0.4) is 0 Å². The summed E-state index contributed by atoms with van der Waals surface area (Å²) in [6, 6.07) is 11.6. The molecule has 1 aromatic carbocycles. The van der Waals surface area contributed by atoms with Crippen LogP contribution in [0.5, 0.6) is 5.75 Å². The van der Waals surface area contributed by atoms with Gasteiger partial charge in [-0.3, -0.25) is 4.98 Å². The average Bonchev–Trinajstić information content (AvgIpc) is 2.64. The number of nitrogens with one attached hydrogen (secondary N) is 1. The molecule has 2 aromatic heterocycles. The number of fused-ring (bicyclic) bond motifs is 1. The molecule has 3 aromatic rings. The smallest absolute Gasteiger partial charge is 0.151 e. The summed E-state index contributed by atoms with van der Waals surface area (Å²) in [4.78, 5) is 6.59. The number of hydrogen-bond donors (Lipinski definition) is 2. The van der Waals surface area contributed by atoms with Crippen molar-refractivity contribution in [2.45, 2.75) is 57.7 Å². The van der Waals surface area contributed by atoms with Crippen molar-refractivity contribution in [2.75, 3.05) is 11.9 Å². The number of benzene rings is 1. The fourth-order valence-electron chi connectivity index (χ4n) is 4.70. The molecule has 0 unspecified atom stereocenters. The van der Waals surface area contributed by atoms with E-state index in [9.17, 15) is 5.11 Å². The molecule has 3 heterocycles. The lowest BCUT2D eigenvalue weighted by atomic mass is 9.79.